The van der Waals surface area contributed by atoms with E-state index in [-0.39, 0.29) is 0 Å². The first-order valence-corrected chi connectivity index (χ1v) is 10.9. The van der Waals surface area contributed by atoms with Crippen molar-refractivity contribution in [2.24, 2.45) is 5.41 Å². The Kier molecular flexibility index (Phi) is 3.44. The third-order valence-corrected chi connectivity index (χ3v) is 6.61. The summed E-state index contributed by atoms with van der Waals surface area (Å²) in [5.74, 6) is 0. The van der Waals surface area contributed by atoms with E-state index in [1.54, 1.807) is 23.5 Å². The van der Waals surface area contributed by atoms with Crippen molar-refractivity contribution in [2.75, 3.05) is 16.3 Å². The van der Waals surface area contributed by atoms with Crippen LogP contribution in [0.5, 0.6) is 0 Å². The average molecular weight is 364 g/mol. The Morgan fingerprint density at radius 2 is 1.88 bits per heavy atom. The normalized spacial score (nSPS) is 27.9. The van der Waals surface area contributed by atoms with Gasteiger partial charge in [0.2, 0.25) is 10.0 Å². The third kappa shape index (κ3) is 2.80. The lowest BCUT2D eigenvalue weighted by Gasteiger charge is -2.71. The van der Waals surface area contributed by atoms with Gasteiger partial charge in [-0.25, -0.2) is 13.4 Å². The van der Waals surface area contributed by atoms with Crippen molar-refractivity contribution in [3.8, 4) is 11.3 Å². The fourth-order valence-electron chi connectivity index (χ4n) is 4.12. The van der Waals surface area contributed by atoms with Crippen molar-refractivity contribution in [1.29, 1.82) is 0 Å². The Labute approximate surface area is 146 Å². The number of nitrogens with one attached hydrogen (secondary N) is 2. The van der Waals surface area contributed by atoms with Gasteiger partial charge in [-0.1, -0.05) is 25.5 Å². The zero-order valence-electron chi connectivity index (χ0n) is 13.8. The molecule has 0 saturated heterocycles. The van der Waals surface area contributed by atoms with Crippen molar-refractivity contribution in [3.05, 3.63) is 29.6 Å². The van der Waals surface area contributed by atoms with Crippen molar-refractivity contribution in [3.63, 3.8) is 0 Å². The first-order chi connectivity index (χ1) is 11.3. The van der Waals surface area contributed by atoms with E-state index in [1.165, 1.54) is 25.7 Å². The Morgan fingerprint density at radius 3 is 2.46 bits per heavy atom. The SMILES string of the molecule is CCC12CC(Nc3nc(-c4ccc(NS(C)(=O)=O)cc4)cs3)(C1)C2. The summed E-state index contributed by atoms with van der Waals surface area (Å²) in [6, 6.07) is 7.29. The lowest BCUT2D eigenvalue weighted by atomic mass is 9.38. The summed E-state index contributed by atoms with van der Waals surface area (Å²) in [5.41, 5.74) is 3.39. The zero-order valence-corrected chi connectivity index (χ0v) is 15.4. The molecule has 1 aromatic carbocycles. The van der Waals surface area contributed by atoms with Crippen LogP contribution in [0.1, 0.15) is 32.6 Å². The number of hydrogen-bond donors (Lipinski definition) is 2. The summed E-state index contributed by atoms with van der Waals surface area (Å²) in [6.45, 7) is 2.28. The molecule has 2 N–H and O–H groups in total. The molecule has 7 heteroatoms. The largest absolute Gasteiger partial charge is 0.356 e. The zero-order chi connectivity index (χ0) is 17.0. The number of nitrogens with zero attached hydrogens (tertiary/aromatic N) is 1. The second-order valence-corrected chi connectivity index (χ2v) is 9.89. The smallest absolute Gasteiger partial charge is 0.229 e. The van der Waals surface area contributed by atoms with Crippen LogP contribution >= 0.6 is 11.3 Å². The minimum atomic E-state index is -3.24. The average Bonchev–Trinajstić information content (AvgIpc) is 2.89. The molecule has 24 heavy (non-hydrogen) atoms. The summed E-state index contributed by atoms with van der Waals surface area (Å²) >= 11 is 1.63. The van der Waals surface area contributed by atoms with Gasteiger partial charge in [-0.3, -0.25) is 4.72 Å². The van der Waals surface area contributed by atoms with Crippen LogP contribution < -0.4 is 10.0 Å². The molecule has 3 fully saturated rings. The quantitative estimate of drug-likeness (QED) is 0.816. The van der Waals surface area contributed by atoms with E-state index in [2.05, 4.69) is 17.0 Å². The standard InChI is InChI=1S/C17H21N3O2S2/c1-3-16-9-17(10-16,11-16)19-15-18-14(8-23-15)12-4-6-13(7-5-12)20-24(2,21)22/h4-8,20H,3,9-11H2,1-2H3,(H,18,19). The van der Waals surface area contributed by atoms with Gasteiger partial charge in [-0.05, 0) is 36.8 Å². The van der Waals surface area contributed by atoms with Crippen molar-refractivity contribution >= 4 is 32.2 Å². The molecule has 1 aromatic heterocycles. The van der Waals surface area contributed by atoms with Crippen molar-refractivity contribution in [2.45, 2.75) is 38.1 Å². The van der Waals surface area contributed by atoms with Crippen LogP contribution in [0.4, 0.5) is 10.8 Å². The molecule has 3 aliphatic carbocycles. The fourth-order valence-corrected chi connectivity index (χ4v) is 5.52. The van der Waals surface area contributed by atoms with Crippen molar-refractivity contribution < 1.29 is 8.42 Å². The molecule has 5 nitrogen and oxygen atoms in total. The Morgan fingerprint density at radius 1 is 1.21 bits per heavy atom. The summed E-state index contributed by atoms with van der Waals surface area (Å²) in [5, 5.41) is 6.65. The van der Waals surface area contributed by atoms with Crippen LogP contribution in [0.25, 0.3) is 11.3 Å². The van der Waals surface area contributed by atoms with Gasteiger partial charge >= 0.3 is 0 Å². The molecule has 0 radical (unpaired) electrons. The molecule has 3 saturated carbocycles. The molecule has 128 valence electrons. The van der Waals surface area contributed by atoms with Gasteiger partial charge in [-0.15, -0.1) is 11.3 Å². The van der Waals surface area contributed by atoms with Crippen molar-refractivity contribution in [1.82, 2.24) is 4.98 Å². The summed E-state index contributed by atoms with van der Waals surface area (Å²) in [6.07, 6.45) is 6.26. The molecule has 2 aromatic rings. The first-order valence-electron chi connectivity index (χ1n) is 8.12. The lowest BCUT2D eigenvalue weighted by molar-refractivity contribution is -0.118. The Balaban J connectivity index is 1.43. The predicted octanol–water partition coefficient (Wildman–Crippen LogP) is 3.93. The highest BCUT2D eigenvalue weighted by Gasteiger charge is 2.66. The summed E-state index contributed by atoms with van der Waals surface area (Å²) in [7, 11) is -3.24. The summed E-state index contributed by atoms with van der Waals surface area (Å²) in [4.78, 5) is 4.69. The highest BCUT2D eigenvalue weighted by molar-refractivity contribution is 7.92. The maximum atomic E-state index is 11.2. The molecule has 0 aliphatic heterocycles. The van der Waals surface area contributed by atoms with E-state index in [0.717, 1.165) is 22.6 Å². The van der Waals surface area contributed by atoms with E-state index >= 15 is 0 Å². The van der Waals surface area contributed by atoms with Crippen LogP contribution in [0.3, 0.4) is 0 Å². The van der Waals surface area contributed by atoms with E-state index in [9.17, 15) is 8.42 Å². The van der Waals surface area contributed by atoms with Crippen LogP contribution in [-0.2, 0) is 10.0 Å². The number of aromatic nitrogens is 1. The second kappa shape index (κ2) is 5.20. The minimum absolute atomic E-state index is 0.300. The lowest BCUT2D eigenvalue weighted by Crippen LogP contribution is -2.70. The van der Waals surface area contributed by atoms with E-state index in [4.69, 9.17) is 4.98 Å². The number of rotatable bonds is 6. The van der Waals surface area contributed by atoms with Gasteiger partial charge in [-0.2, -0.15) is 0 Å². The molecule has 0 atom stereocenters. The maximum Gasteiger partial charge on any atom is 0.229 e. The molecule has 0 amide bonds. The molecule has 3 aliphatic rings. The van der Waals surface area contributed by atoms with Gasteiger partial charge in [0.15, 0.2) is 5.13 Å². The topological polar surface area (TPSA) is 71.1 Å². The number of sulfonamides is 1. The van der Waals surface area contributed by atoms with E-state index < -0.39 is 10.0 Å². The molecule has 0 unspecified atom stereocenters. The van der Waals surface area contributed by atoms with Crippen LogP contribution in [0.15, 0.2) is 29.6 Å². The van der Waals surface area contributed by atoms with Crippen LogP contribution in [-0.4, -0.2) is 25.2 Å². The number of hydrogen-bond acceptors (Lipinski definition) is 5. The highest BCUT2D eigenvalue weighted by atomic mass is 32.2. The van der Waals surface area contributed by atoms with Crippen LogP contribution in [0.2, 0.25) is 0 Å². The summed E-state index contributed by atoms with van der Waals surface area (Å²) < 4.78 is 25.0. The molecular weight excluding hydrogens is 342 g/mol. The monoisotopic (exact) mass is 363 g/mol. The third-order valence-electron chi connectivity index (χ3n) is 5.25. The Hall–Kier alpha value is -1.60. The molecule has 2 bridgehead atoms. The number of anilines is 2. The second-order valence-electron chi connectivity index (χ2n) is 7.28. The highest BCUT2D eigenvalue weighted by Crippen LogP contribution is 2.69. The van der Waals surface area contributed by atoms with Crippen LogP contribution in [0, 0.1) is 5.41 Å². The van der Waals surface area contributed by atoms with Gasteiger partial charge in [0.1, 0.15) is 0 Å². The van der Waals surface area contributed by atoms with Gasteiger partial charge in [0.25, 0.3) is 0 Å². The number of thiazole rings is 1. The molecule has 0 spiro atoms. The predicted molar refractivity (Wildman–Crippen MR) is 98.9 cm³/mol. The molecule has 5 rings (SSSR count). The van der Waals surface area contributed by atoms with E-state index in [0.29, 0.717) is 16.6 Å². The minimum Gasteiger partial charge on any atom is -0.356 e. The number of benzene rings is 1. The first kappa shape index (κ1) is 15.9. The van der Waals surface area contributed by atoms with Gasteiger partial charge < -0.3 is 5.32 Å². The van der Waals surface area contributed by atoms with Gasteiger partial charge in [0.05, 0.1) is 11.9 Å². The van der Waals surface area contributed by atoms with E-state index in [1.807, 2.05) is 17.5 Å². The molecular formula is C17H21N3O2S2. The fraction of sp³-hybridized carbons (Fsp3) is 0.471. The maximum absolute atomic E-state index is 11.2. The molecule has 1 heterocycles. The Bertz CT molecular complexity index is 852. The van der Waals surface area contributed by atoms with Gasteiger partial charge in [0, 0.05) is 22.2 Å².